The van der Waals surface area contributed by atoms with Crippen molar-refractivity contribution in [2.75, 3.05) is 26.0 Å². The Labute approximate surface area is 90.3 Å². The number of nitrogens with one attached hydrogen (secondary N) is 1. The van der Waals surface area contributed by atoms with E-state index in [1.807, 2.05) is 21.0 Å². The summed E-state index contributed by atoms with van der Waals surface area (Å²) in [5.74, 6) is 0.0398. The summed E-state index contributed by atoms with van der Waals surface area (Å²) in [5, 5.41) is 3.05. The molecule has 15 heavy (non-hydrogen) atoms. The number of hydrogen-bond acceptors (Lipinski definition) is 3. The number of halogens is 1. The molecule has 1 N–H and O–H groups in total. The van der Waals surface area contributed by atoms with E-state index in [0.717, 1.165) is 13.0 Å². The first-order chi connectivity index (χ1) is 7.09. The maximum Gasteiger partial charge on any atom is 0.165 e. The van der Waals surface area contributed by atoms with Gasteiger partial charge in [-0.15, -0.1) is 0 Å². The van der Waals surface area contributed by atoms with Crippen molar-refractivity contribution in [2.24, 2.45) is 0 Å². The van der Waals surface area contributed by atoms with Gasteiger partial charge in [0.05, 0.1) is 0 Å². The molecular weight excluding hydrogens is 193 g/mol. The zero-order chi connectivity index (χ0) is 11.3. The molecule has 1 heterocycles. The highest BCUT2D eigenvalue weighted by molar-refractivity contribution is 5.36. The first-order valence-corrected chi connectivity index (χ1v) is 5.11. The van der Waals surface area contributed by atoms with E-state index in [-0.39, 0.29) is 11.9 Å². The van der Waals surface area contributed by atoms with Gasteiger partial charge in [0.15, 0.2) is 11.6 Å². The molecular formula is C11H18FN3. The second-order valence-electron chi connectivity index (χ2n) is 3.97. The Hall–Kier alpha value is -1.16. The van der Waals surface area contributed by atoms with E-state index in [4.69, 9.17) is 0 Å². The van der Waals surface area contributed by atoms with Gasteiger partial charge in [-0.25, -0.2) is 9.37 Å². The lowest BCUT2D eigenvalue weighted by Crippen LogP contribution is -2.23. The van der Waals surface area contributed by atoms with Crippen molar-refractivity contribution in [3.8, 4) is 0 Å². The number of aromatic nitrogens is 1. The highest BCUT2D eigenvalue weighted by Crippen LogP contribution is 2.10. The molecule has 0 aromatic carbocycles. The fraction of sp³-hybridized carbons (Fsp3) is 0.545. The topological polar surface area (TPSA) is 28.2 Å². The first-order valence-electron chi connectivity index (χ1n) is 5.11. The molecule has 0 amide bonds. The van der Waals surface area contributed by atoms with Crippen LogP contribution in [0.15, 0.2) is 18.3 Å². The van der Waals surface area contributed by atoms with Crippen LogP contribution in [0.2, 0.25) is 0 Å². The van der Waals surface area contributed by atoms with Crippen LogP contribution >= 0.6 is 0 Å². The zero-order valence-corrected chi connectivity index (χ0v) is 9.50. The Morgan fingerprint density at radius 2 is 2.27 bits per heavy atom. The minimum absolute atomic E-state index is 0.219. The molecule has 1 aromatic rings. The SMILES string of the molecule is CC(CCN(C)C)Nc1ncccc1F. The van der Waals surface area contributed by atoms with Crippen molar-refractivity contribution in [3.63, 3.8) is 0 Å². The van der Waals surface area contributed by atoms with Crippen LogP contribution in [-0.4, -0.2) is 36.6 Å². The third kappa shape index (κ3) is 4.25. The summed E-state index contributed by atoms with van der Waals surface area (Å²) in [6.07, 6.45) is 2.55. The van der Waals surface area contributed by atoms with Crippen LogP contribution in [0, 0.1) is 5.82 Å². The molecule has 1 unspecified atom stereocenters. The Morgan fingerprint density at radius 3 is 2.87 bits per heavy atom. The molecule has 4 heteroatoms. The Bertz CT molecular complexity index is 302. The molecule has 0 fully saturated rings. The van der Waals surface area contributed by atoms with Gasteiger partial charge < -0.3 is 10.2 Å². The van der Waals surface area contributed by atoms with E-state index in [2.05, 4.69) is 15.2 Å². The summed E-state index contributed by atoms with van der Waals surface area (Å²) >= 11 is 0. The lowest BCUT2D eigenvalue weighted by Gasteiger charge is -2.17. The molecule has 0 aliphatic rings. The second kappa shape index (κ2) is 5.66. The van der Waals surface area contributed by atoms with Crippen LogP contribution in [0.1, 0.15) is 13.3 Å². The maximum absolute atomic E-state index is 13.2. The predicted octanol–water partition coefficient (Wildman–Crippen LogP) is 1.97. The highest BCUT2D eigenvalue weighted by Gasteiger charge is 2.06. The summed E-state index contributed by atoms with van der Waals surface area (Å²) < 4.78 is 13.2. The molecule has 0 spiro atoms. The van der Waals surface area contributed by atoms with Crippen molar-refractivity contribution in [1.82, 2.24) is 9.88 Å². The summed E-state index contributed by atoms with van der Waals surface area (Å²) in [7, 11) is 4.04. The fourth-order valence-corrected chi connectivity index (χ4v) is 1.25. The molecule has 1 atom stereocenters. The summed E-state index contributed by atoms with van der Waals surface area (Å²) in [4.78, 5) is 6.05. The van der Waals surface area contributed by atoms with Crippen molar-refractivity contribution < 1.29 is 4.39 Å². The lowest BCUT2D eigenvalue weighted by atomic mass is 10.2. The van der Waals surface area contributed by atoms with Gasteiger partial charge >= 0.3 is 0 Å². The van der Waals surface area contributed by atoms with E-state index in [9.17, 15) is 4.39 Å². The van der Waals surface area contributed by atoms with Gasteiger partial charge in [-0.3, -0.25) is 0 Å². The van der Waals surface area contributed by atoms with Gasteiger partial charge in [0.1, 0.15) is 0 Å². The number of nitrogens with zero attached hydrogens (tertiary/aromatic N) is 2. The molecule has 1 rings (SSSR count). The van der Waals surface area contributed by atoms with Crippen LogP contribution in [0.5, 0.6) is 0 Å². The molecule has 0 aliphatic heterocycles. The van der Waals surface area contributed by atoms with Crippen molar-refractivity contribution >= 4 is 5.82 Å². The molecule has 0 bridgehead atoms. The molecule has 84 valence electrons. The third-order valence-corrected chi connectivity index (χ3v) is 2.15. The number of pyridine rings is 1. The van der Waals surface area contributed by atoms with Crippen LogP contribution in [0.25, 0.3) is 0 Å². The van der Waals surface area contributed by atoms with Crippen molar-refractivity contribution in [3.05, 3.63) is 24.1 Å². The molecule has 0 radical (unpaired) electrons. The average Bonchev–Trinajstić information content (AvgIpc) is 2.18. The van der Waals surface area contributed by atoms with Crippen LogP contribution < -0.4 is 5.32 Å². The molecule has 0 saturated carbocycles. The summed E-state index contributed by atoms with van der Waals surface area (Å²) in [6, 6.07) is 3.22. The molecule has 3 nitrogen and oxygen atoms in total. The smallest absolute Gasteiger partial charge is 0.165 e. The first kappa shape index (κ1) is 11.9. The van der Waals surface area contributed by atoms with E-state index in [1.54, 1.807) is 12.3 Å². The van der Waals surface area contributed by atoms with Crippen molar-refractivity contribution in [2.45, 2.75) is 19.4 Å². The largest absolute Gasteiger partial charge is 0.365 e. The van der Waals surface area contributed by atoms with Gasteiger partial charge in [0.25, 0.3) is 0 Å². The average molecular weight is 211 g/mol. The molecule has 0 saturated heterocycles. The van der Waals surface area contributed by atoms with Crippen molar-refractivity contribution in [1.29, 1.82) is 0 Å². The van der Waals surface area contributed by atoms with E-state index in [0.29, 0.717) is 5.82 Å². The fourth-order valence-electron chi connectivity index (χ4n) is 1.25. The summed E-state index contributed by atoms with van der Waals surface area (Å²) in [6.45, 7) is 3.00. The minimum atomic E-state index is -0.297. The van der Waals surface area contributed by atoms with Gasteiger partial charge in [0.2, 0.25) is 0 Å². The van der Waals surface area contributed by atoms with E-state index < -0.39 is 0 Å². The Morgan fingerprint density at radius 1 is 1.53 bits per heavy atom. The second-order valence-corrected chi connectivity index (χ2v) is 3.97. The van der Waals surface area contributed by atoms with Gasteiger partial charge in [0, 0.05) is 12.2 Å². The number of anilines is 1. The molecule has 1 aromatic heterocycles. The number of hydrogen-bond donors (Lipinski definition) is 1. The Kier molecular flexibility index (Phi) is 4.49. The number of rotatable bonds is 5. The quantitative estimate of drug-likeness (QED) is 0.807. The monoisotopic (exact) mass is 211 g/mol. The lowest BCUT2D eigenvalue weighted by molar-refractivity contribution is 0.390. The highest BCUT2D eigenvalue weighted by atomic mass is 19.1. The van der Waals surface area contributed by atoms with Gasteiger partial charge in [-0.2, -0.15) is 0 Å². The Balaban J connectivity index is 2.44. The van der Waals surface area contributed by atoms with Gasteiger partial charge in [-0.1, -0.05) is 0 Å². The standard InChI is InChI=1S/C11H18FN3/c1-9(6-8-15(2)3)14-11-10(12)5-4-7-13-11/h4-5,7,9H,6,8H2,1-3H3,(H,13,14). The van der Waals surface area contributed by atoms with Crippen LogP contribution in [-0.2, 0) is 0 Å². The van der Waals surface area contributed by atoms with Gasteiger partial charge in [-0.05, 0) is 46.1 Å². The molecule has 0 aliphatic carbocycles. The normalized spacial score (nSPS) is 12.9. The van der Waals surface area contributed by atoms with E-state index in [1.165, 1.54) is 6.07 Å². The van der Waals surface area contributed by atoms with E-state index >= 15 is 0 Å². The predicted molar refractivity (Wildman–Crippen MR) is 60.5 cm³/mol. The summed E-state index contributed by atoms with van der Waals surface area (Å²) in [5.41, 5.74) is 0. The zero-order valence-electron chi connectivity index (χ0n) is 9.50. The third-order valence-electron chi connectivity index (χ3n) is 2.15. The van der Waals surface area contributed by atoms with Crippen LogP contribution in [0.3, 0.4) is 0 Å². The maximum atomic E-state index is 13.2. The van der Waals surface area contributed by atoms with Crippen LogP contribution in [0.4, 0.5) is 10.2 Å². The minimum Gasteiger partial charge on any atom is -0.365 e.